The molecule has 1 fully saturated rings. The van der Waals surface area contributed by atoms with Crippen molar-refractivity contribution in [3.8, 4) is 0 Å². The number of aliphatic hydroxyl groups excluding tert-OH is 1. The molecule has 0 atom stereocenters. The van der Waals surface area contributed by atoms with Gasteiger partial charge in [0.15, 0.2) is 0 Å². The molecule has 0 bridgehead atoms. The smallest absolute Gasteiger partial charge is 0.224 e. The number of aliphatic hydroxyl groups is 1. The molecule has 4 nitrogen and oxygen atoms in total. The molecule has 1 aromatic rings. The van der Waals surface area contributed by atoms with Crippen LogP contribution in [-0.4, -0.2) is 33.0 Å². The Balaban J connectivity index is 1.93. The number of thioether (sulfide) groups is 1. The zero-order valence-electron chi connectivity index (χ0n) is 10.1. The minimum Gasteiger partial charge on any atom is -0.394 e. The minimum atomic E-state index is -0.191. The molecule has 2 N–H and O–H groups in total. The van der Waals surface area contributed by atoms with Crippen LogP contribution < -0.4 is 5.32 Å². The molecule has 2 heterocycles. The van der Waals surface area contributed by atoms with Crippen molar-refractivity contribution in [3.05, 3.63) is 11.0 Å². The third-order valence-corrected chi connectivity index (χ3v) is 5.09. The SMILES string of the molecule is OCC1(Nc2nc(Cl)nc3c2SCCC3)CCC1. The Labute approximate surface area is 116 Å². The van der Waals surface area contributed by atoms with E-state index in [2.05, 4.69) is 15.3 Å². The molecular formula is C12H16ClN3OS. The molecule has 0 spiro atoms. The lowest BCUT2D eigenvalue weighted by atomic mass is 9.77. The summed E-state index contributed by atoms with van der Waals surface area (Å²) in [6.45, 7) is 0.147. The highest BCUT2D eigenvalue weighted by atomic mass is 35.5. The van der Waals surface area contributed by atoms with Crippen LogP contribution in [0.15, 0.2) is 4.90 Å². The summed E-state index contributed by atoms with van der Waals surface area (Å²) in [7, 11) is 0. The summed E-state index contributed by atoms with van der Waals surface area (Å²) in [4.78, 5) is 9.73. The molecule has 6 heteroatoms. The minimum absolute atomic E-state index is 0.147. The van der Waals surface area contributed by atoms with E-state index in [0.29, 0.717) is 5.28 Å². The van der Waals surface area contributed by atoms with Gasteiger partial charge in [-0.15, -0.1) is 11.8 Å². The van der Waals surface area contributed by atoms with Gasteiger partial charge >= 0.3 is 0 Å². The van der Waals surface area contributed by atoms with Gasteiger partial charge in [0, 0.05) is 0 Å². The van der Waals surface area contributed by atoms with Gasteiger partial charge < -0.3 is 10.4 Å². The quantitative estimate of drug-likeness (QED) is 0.836. The number of hydrogen-bond acceptors (Lipinski definition) is 5. The molecular weight excluding hydrogens is 270 g/mol. The first kappa shape index (κ1) is 12.5. The monoisotopic (exact) mass is 285 g/mol. The molecule has 98 valence electrons. The Kier molecular flexibility index (Phi) is 3.38. The van der Waals surface area contributed by atoms with E-state index in [1.807, 2.05) is 0 Å². The number of aryl methyl sites for hydroxylation is 1. The molecule has 1 saturated carbocycles. The van der Waals surface area contributed by atoms with Crippen molar-refractivity contribution in [3.63, 3.8) is 0 Å². The van der Waals surface area contributed by atoms with E-state index in [4.69, 9.17) is 11.6 Å². The first-order valence-corrected chi connectivity index (χ1v) is 7.67. The van der Waals surface area contributed by atoms with Gasteiger partial charge in [0.25, 0.3) is 0 Å². The fourth-order valence-electron chi connectivity index (χ4n) is 2.46. The Hall–Kier alpha value is -0.520. The van der Waals surface area contributed by atoms with Crippen molar-refractivity contribution in [1.82, 2.24) is 9.97 Å². The molecule has 0 unspecified atom stereocenters. The van der Waals surface area contributed by atoms with Crippen LogP contribution in [0, 0.1) is 0 Å². The second-order valence-corrected chi connectivity index (χ2v) is 6.43. The van der Waals surface area contributed by atoms with Crippen LogP contribution >= 0.6 is 23.4 Å². The summed E-state index contributed by atoms with van der Waals surface area (Å²) in [6.07, 6.45) is 5.23. The summed E-state index contributed by atoms with van der Waals surface area (Å²) in [5.41, 5.74) is 0.852. The maximum atomic E-state index is 9.53. The maximum absolute atomic E-state index is 9.53. The van der Waals surface area contributed by atoms with Gasteiger partial charge in [0.05, 0.1) is 22.7 Å². The Morgan fingerprint density at radius 2 is 2.17 bits per heavy atom. The number of hydrogen-bond donors (Lipinski definition) is 2. The van der Waals surface area contributed by atoms with E-state index in [-0.39, 0.29) is 12.1 Å². The molecule has 2 aliphatic rings. The van der Waals surface area contributed by atoms with Crippen molar-refractivity contribution in [1.29, 1.82) is 0 Å². The fraction of sp³-hybridized carbons (Fsp3) is 0.667. The topological polar surface area (TPSA) is 58.0 Å². The zero-order valence-corrected chi connectivity index (χ0v) is 11.7. The van der Waals surface area contributed by atoms with Crippen LogP contribution in [0.25, 0.3) is 0 Å². The summed E-state index contributed by atoms with van der Waals surface area (Å²) in [6, 6.07) is 0. The highest BCUT2D eigenvalue weighted by Crippen LogP contribution is 2.40. The van der Waals surface area contributed by atoms with Crippen LogP contribution in [0.1, 0.15) is 31.4 Å². The number of aromatic nitrogens is 2. The Morgan fingerprint density at radius 3 is 2.83 bits per heavy atom. The molecule has 3 rings (SSSR count). The van der Waals surface area contributed by atoms with Gasteiger partial charge in [0.2, 0.25) is 5.28 Å². The van der Waals surface area contributed by atoms with Crippen LogP contribution in [0.3, 0.4) is 0 Å². The van der Waals surface area contributed by atoms with Crippen LogP contribution in [0.2, 0.25) is 5.28 Å². The Bertz CT molecular complexity index is 459. The van der Waals surface area contributed by atoms with Crippen LogP contribution in [0.4, 0.5) is 5.82 Å². The van der Waals surface area contributed by atoms with Crippen molar-refractivity contribution in [2.24, 2.45) is 0 Å². The maximum Gasteiger partial charge on any atom is 0.224 e. The summed E-state index contributed by atoms with van der Waals surface area (Å²) in [5, 5.41) is 13.2. The highest BCUT2D eigenvalue weighted by molar-refractivity contribution is 7.99. The number of nitrogens with one attached hydrogen (secondary N) is 1. The lowest BCUT2D eigenvalue weighted by Gasteiger charge is -2.42. The molecule has 1 aromatic heterocycles. The number of rotatable bonds is 3. The predicted molar refractivity (Wildman–Crippen MR) is 73.4 cm³/mol. The lowest BCUT2D eigenvalue weighted by molar-refractivity contribution is 0.143. The van der Waals surface area contributed by atoms with Crippen molar-refractivity contribution < 1.29 is 5.11 Å². The number of fused-ring (bicyclic) bond motifs is 1. The van der Waals surface area contributed by atoms with Crippen LogP contribution in [0.5, 0.6) is 0 Å². The van der Waals surface area contributed by atoms with E-state index in [0.717, 1.165) is 54.3 Å². The summed E-state index contributed by atoms with van der Waals surface area (Å²) >= 11 is 7.76. The highest BCUT2D eigenvalue weighted by Gasteiger charge is 2.37. The second kappa shape index (κ2) is 4.87. The van der Waals surface area contributed by atoms with Gasteiger partial charge in [-0.05, 0) is 49.5 Å². The van der Waals surface area contributed by atoms with E-state index in [9.17, 15) is 5.11 Å². The molecule has 0 saturated heterocycles. The normalized spacial score (nSPS) is 21.0. The fourth-order valence-corrected chi connectivity index (χ4v) is 3.69. The Morgan fingerprint density at radius 1 is 1.33 bits per heavy atom. The number of anilines is 1. The molecule has 0 radical (unpaired) electrons. The largest absolute Gasteiger partial charge is 0.394 e. The van der Waals surface area contributed by atoms with Crippen molar-refractivity contribution in [2.75, 3.05) is 17.7 Å². The zero-order chi connectivity index (χ0) is 12.6. The third kappa shape index (κ3) is 2.19. The van der Waals surface area contributed by atoms with Gasteiger partial charge in [0.1, 0.15) is 5.82 Å². The van der Waals surface area contributed by atoms with Gasteiger partial charge in [-0.25, -0.2) is 4.98 Å². The van der Waals surface area contributed by atoms with E-state index in [1.165, 1.54) is 0 Å². The second-order valence-electron chi connectivity index (χ2n) is 4.99. The standard InChI is InChI=1S/C12H16ClN3OS/c13-11-14-8-3-1-6-18-9(8)10(15-11)16-12(7-17)4-2-5-12/h17H,1-7H2,(H,14,15,16). The van der Waals surface area contributed by atoms with Crippen molar-refractivity contribution in [2.45, 2.75) is 42.5 Å². The van der Waals surface area contributed by atoms with E-state index >= 15 is 0 Å². The van der Waals surface area contributed by atoms with E-state index < -0.39 is 0 Å². The summed E-state index contributed by atoms with van der Waals surface area (Å²) < 4.78 is 0. The molecule has 0 amide bonds. The van der Waals surface area contributed by atoms with Crippen molar-refractivity contribution >= 4 is 29.2 Å². The van der Waals surface area contributed by atoms with Gasteiger partial charge in [-0.3, -0.25) is 0 Å². The van der Waals surface area contributed by atoms with Crippen LogP contribution in [-0.2, 0) is 6.42 Å². The predicted octanol–water partition coefficient (Wildman–Crippen LogP) is 2.50. The molecule has 1 aliphatic carbocycles. The summed E-state index contributed by atoms with van der Waals surface area (Å²) in [5.74, 6) is 1.90. The lowest BCUT2D eigenvalue weighted by Crippen LogP contribution is -2.48. The van der Waals surface area contributed by atoms with Gasteiger partial charge in [-0.2, -0.15) is 4.98 Å². The average molecular weight is 286 g/mol. The molecule has 18 heavy (non-hydrogen) atoms. The van der Waals surface area contributed by atoms with E-state index in [1.54, 1.807) is 11.8 Å². The number of nitrogens with zero attached hydrogens (tertiary/aromatic N) is 2. The first-order chi connectivity index (χ1) is 8.72. The number of halogens is 1. The average Bonchev–Trinajstić information content (AvgIpc) is 2.33. The van der Waals surface area contributed by atoms with Gasteiger partial charge in [-0.1, -0.05) is 0 Å². The third-order valence-electron chi connectivity index (χ3n) is 3.71. The molecule has 0 aromatic carbocycles. The molecule has 1 aliphatic heterocycles. The first-order valence-electron chi connectivity index (χ1n) is 6.31.